The molecule has 0 atom stereocenters. The first kappa shape index (κ1) is 13.2. The van der Waals surface area contributed by atoms with Crippen molar-refractivity contribution in [2.45, 2.75) is 13.3 Å². The van der Waals surface area contributed by atoms with Gasteiger partial charge >= 0.3 is 0 Å². The van der Waals surface area contributed by atoms with E-state index in [4.69, 9.17) is 12.2 Å². The number of rotatable bonds is 3. The van der Waals surface area contributed by atoms with E-state index in [1.807, 2.05) is 24.3 Å². The van der Waals surface area contributed by atoms with Crippen LogP contribution >= 0.6 is 12.2 Å². The van der Waals surface area contributed by atoms with Crippen molar-refractivity contribution in [2.24, 2.45) is 4.99 Å². The van der Waals surface area contributed by atoms with Crippen LogP contribution < -0.4 is 5.56 Å². The normalized spacial score (nSPS) is 11.0. The average Bonchev–Trinajstić information content (AvgIpc) is 2.38. The molecule has 19 heavy (non-hydrogen) atoms. The largest absolute Gasteiger partial charge is 0.494 e. The molecule has 1 aromatic carbocycles. The number of nitrogens with one attached hydrogen (secondary N) is 2. The van der Waals surface area contributed by atoms with E-state index in [1.165, 1.54) is 11.8 Å². The second kappa shape index (κ2) is 5.62. The SMILES string of the molecule is CCc1ccc(N=Cc2c(O)[nH]c(=S)[nH]c2=O)cc1. The van der Waals surface area contributed by atoms with Crippen molar-refractivity contribution in [1.82, 2.24) is 9.97 Å². The molecule has 0 aliphatic rings. The fourth-order valence-corrected chi connectivity index (χ4v) is 1.75. The molecule has 1 heterocycles. The maximum absolute atomic E-state index is 11.6. The summed E-state index contributed by atoms with van der Waals surface area (Å²) in [6, 6.07) is 7.64. The number of nitrogens with zero attached hydrogens (tertiary/aromatic N) is 1. The molecule has 0 aliphatic heterocycles. The number of aryl methyl sites for hydroxylation is 1. The Balaban J connectivity index is 2.32. The predicted molar refractivity (Wildman–Crippen MR) is 77.0 cm³/mol. The monoisotopic (exact) mass is 275 g/mol. The highest BCUT2D eigenvalue weighted by atomic mass is 32.1. The number of hydrogen-bond acceptors (Lipinski definition) is 4. The van der Waals surface area contributed by atoms with Crippen molar-refractivity contribution < 1.29 is 5.11 Å². The Hall–Kier alpha value is -2.21. The Kier molecular flexibility index (Phi) is 3.91. The van der Waals surface area contributed by atoms with Crippen molar-refractivity contribution in [3.05, 3.63) is 50.5 Å². The van der Waals surface area contributed by atoms with Crippen molar-refractivity contribution >= 4 is 24.1 Å². The first-order valence-electron chi connectivity index (χ1n) is 5.78. The van der Waals surface area contributed by atoms with Gasteiger partial charge in [0.2, 0.25) is 5.88 Å². The first-order valence-corrected chi connectivity index (χ1v) is 6.19. The summed E-state index contributed by atoms with van der Waals surface area (Å²) in [5, 5.41) is 9.60. The van der Waals surface area contributed by atoms with E-state index in [-0.39, 0.29) is 16.2 Å². The minimum atomic E-state index is -0.477. The summed E-state index contributed by atoms with van der Waals surface area (Å²) in [6.45, 7) is 2.07. The zero-order valence-electron chi connectivity index (χ0n) is 10.3. The lowest BCUT2D eigenvalue weighted by Gasteiger charge is -1.98. The molecule has 5 nitrogen and oxygen atoms in total. The van der Waals surface area contributed by atoms with Crippen LogP contribution in [0, 0.1) is 4.77 Å². The molecule has 0 bridgehead atoms. The molecule has 0 saturated heterocycles. The van der Waals surface area contributed by atoms with E-state index >= 15 is 0 Å². The van der Waals surface area contributed by atoms with Gasteiger partial charge in [0, 0.05) is 6.21 Å². The van der Waals surface area contributed by atoms with Crippen LogP contribution in [-0.2, 0) is 6.42 Å². The summed E-state index contributed by atoms with van der Waals surface area (Å²) >= 11 is 4.74. The molecule has 0 fully saturated rings. The topological polar surface area (TPSA) is 81.2 Å². The van der Waals surface area contributed by atoms with Gasteiger partial charge in [-0.3, -0.25) is 14.8 Å². The Labute approximate surface area is 114 Å². The Bertz CT molecular complexity index is 714. The summed E-state index contributed by atoms with van der Waals surface area (Å²) in [6.07, 6.45) is 2.26. The van der Waals surface area contributed by atoms with Gasteiger partial charge in [-0.1, -0.05) is 19.1 Å². The molecule has 0 amide bonds. The first-order chi connectivity index (χ1) is 9.10. The number of H-pyrrole nitrogens is 2. The zero-order valence-corrected chi connectivity index (χ0v) is 11.1. The van der Waals surface area contributed by atoms with Crippen LogP contribution in [0.5, 0.6) is 5.88 Å². The molecule has 0 spiro atoms. The van der Waals surface area contributed by atoms with E-state index in [0.717, 1.165) is 6.42 Å². The molecule has 0 unspecified atom stereocenters. The van der Waals surface area contributed by atoms with Crippen LogP contribution in [0.25, 0.3) is 0 Å². The molecule has 2 aromatic rings. The van der Waals surface area contributed by atoms with Crippen molar-refractivity contribution in [2.75, 3.05) is 0 Å². The molecular weight excluding hydrogens is 262 g/mol. The highest BCUT2D eigenvalue weighted by Gasteiger charge is 2.04. The van der Waals surface area contributed by atoms with Gasteiger partial charge in [0.05, 0.1) is 5.69 Å². The standard InChI is InChI=1S/C13H13N3O2S/c1-2-8-3-5-9(6-4-8)14-7-10-11(17)15-13(19)16-12(10)18/h3-7H,2H2,1H3,(H3,15,16,17,18,19). The fraction of sp³-hybridized carbons (Fsp3) is 0.154. The van der Waals surface area contributed by atoms with Gasteiger partial charge in [-0.15, -0.1) is 0 Å². The summed E-state index contributed by atoms with van der Waals surface area (Å²) in [4.78, 5) is 20.6. The van der Waals surface area contributed by atoms with Crippen molar-refractivity contribution in [1.29, 1.82) is 0 Å². The Morgan fingerprint density at radius 1 is 1.32 bits per heavy atom. The lowest BCUT2D eigenvalue weighted by atomic mass is 10.1. The second-order valence-electron chi connectivity index (χ2n) is 3.95. The maximum Gasteiger partial charge on any atom is 0.264 e. The van der Waals surface area contributed by atoms with Crippen LogP contribution in [0.4, 0.5) is 5.69 Å². The van der Waals surface area contributed by atoms with Crippen molar-refractivity contribution in [3.63, 3.8) is 0 Å². The molecule has 6 heteroatoms. The number of aromatic nitrogens is 2. The zero-order chi connectivity index (χ0) is 13.8. The van der Waals surface area contributed by atoms with Crippen LogP contribution in [0.2, 0.25) is 0 Å². The average molecular weight is 275 g/mol. The molecule has 2 rings (SSSR count). The molecular formula is C13H13N3O2S. The fourth-order valence-electron chi connectivity index (χ4n) is 1.56. The number of hydrogen-bond donors (Lipinski definition) is 3. The molecule has 0 aliphatic carbocycles. The van der Waals surface area contributed by atoms with E-state index in [9.17, 15) is 9.90 Å². The third-order valence-electron chi connectivity index (χ3n) is 2.65. The second-order valence-corrected chi connectivity index (χ2v) is 4.36. The van der Waals surface area contributed by atoms with E-state index in [1.54, 1.807) is 0 Å². The summed E-state index contributed by atoms with van der Waals surface area (Å²) in [5.41, 5.74) is 1.49. The van der Waals surface area contributed by atoms with Gasteiger partial charge in [-0.05, 0) is 36.3 Å². The number of benzene rings is 1. The summed E-state index contributed by atoms with van der Waals surface area (Å²) < 4.78 is 0.0759. The van der Waals surface area contributed by atoms with Crippen LogP contribution in [0.3, 0.4) is 0 Å². The molecule has 3 N–H and O–H groups in total. The van der Waals surface area contributed by atoms with Crippen LogP contribution in [-0.4, -0.2) is 21.3 Å². The predicted octanol–water partition coefficient (Wildman–Crippen LogP) is 2.45. The lowest BCUT2D eigenvalue weighted by molar-refractivity contribution is 0.449. The highest BCUT2D eigenvalue weighted by Crippen LogP contribution is 2.14. The van der Waals surface area contributed by atoms with E-state index in [2.05, 4.69) is 21.9 Å². The molecule has 1 aromatic heterocycles. The highest BCUT2D eigenvalue weighted by molar-refractivity contribution is 7.71. The quantitative estimate of drug-likeness (QED) is 0.594. The van der Waals surface area contributed by atoms with Gasteiger partial charge in [-0.2, -0.15) is 0 Å². The minimum absolute atomic E-state index is 0.0492. The van der Waals surface area contributed by atoms with Crippen LogP contribution in [0.15, 0.2) is 34.1 Å². The summed E-state index contributed by atoms with van der Waals surface area (Å²) in [5.74, 6) is -0.289. The smallest absolute Gasteiger partial charge is 0.264 e. The van der Waals surface area contributed by atoms with Gasteiger partial charge < -0.3 is 10.1 Å². The lowest BCUT2D eigenvalue weighted by Crippen LogP contribution is -2.13. The minimum Gasteiger partial charge on any atom is -0.494 e. The van der Waals surface area contributed by atoms with Gasteiger partial charge in [0.1, 0.15) is 5.56 Å². The third kappa shape index (κ3) is 3.17. The van der Waals surface area contributed by atoms with Crippen molar-refractivity contribution in [3.8, 4) is 5.88 Å². The van der Waals surface area contributed by atoms with Crippen LogP contribution in [0.1, 0.15) is 18.1 Å². The maximum atomic E-state index is 11.6. The van der Waals surface area contributed by atoms with E-state index < -0.39 is 5.56 Å². The molecule has 98 valence electrons. The number of aromatic hydroxyl groups is 1. The van der Waals surface area contributed by atoms with Gasteiger partial charge in [-0.25, -0.2) is 0 Å². The van der Waals surface area contributed by atoms with Gasteiger partial charge in [0.15, 0.2) is 4.77 Å². The Morgan fingerprint density at radius 3 is 2.58 bits per heavy atom. The van der Waals surface area contributed by atoms with E-state index in [0.29, 0.717) is 5.69 Å². The summed E-state index contributed by atoms with van der Waals surface area (Å²) in [7, 11) is 0. The number of aliphatic imine (C=N–C) groups is 1. The molecule has 0 saturated carbocycles. The number of aromatic amines is 2. The molecule has 0 radical (unpaired) electrons. The third-order valence-corrected chi connectivity index (χ3v) is 2.85. The van der Waals surface area contributed by atoms with Gasteiger partial charge in [0.25, 0.3) is 5.56 Å². The Morgan fingerprint density at radius 2 is 2.00 bits per heavy atom.